The van der Waals surface area contributed by atoms with Crippen LogP contribution in [0.2, 0.25) is 0 Å². The van der Waals surface area contributed by atoms with Crippen LogP contribution in [0, 0.1) is 0 Å². The third-order valence-corrected chi connectivity index (χ3v) is 2.84. The van der Waals surface area contributed by atoms with Crippen molar-refractivity contribution < 1.29 is 5.11 Å². The largest absolute Gasteiger partial charge is 0.392 e. The van der Waals surface area contributed by atoms with Gasteiger partial charge in [-0.3, -0.25) is 0 Å². The van der Waals surface area contributed by atoms with Gasteiger partial charge in [0.2, 0.25) is 0 Å². The Balaban J connectivity index is 2.22. The van der Waals surface area contributed by atoms with Crippen LogP contribution >= 0.6 is 0 Å². The highest BCUT2D eigenvalue weighted by Crippen LogP contribution is 2.23. The number of aliphatic hydroxyl groups is 1. The predicted molar refractivity (Wildman–Crippen MR) is 56.2 cm³/mol. The van der Waals surface area contributed by atoms with Gasteiger partial charge in [0.1, 0.15) is 5.82 Å². The molecule has 2 rings (SSSR count). The van der Waals surface area contributed by atoms with Gasteiger partial charge < -0.3 is 10.0 Å². The van der Waals surface area contributed by atoms with Gasteiger partial charge in [-0.15, -0.1) is 0 Å². The molecule has 0 aliphatic carbocycles. The van der Waals surface area contributed by atoms with Gasteiger partial charge in [-0.25, -0.2) is 4.98 Å². The Bertz CT molecular complexity index is 314. The number of pyridine rings is 1. The normalized spacial score (nSPS) is 21.6. The molecule has 1 saturated heterocycles. The molecule has 1 aromatic heterocycles. The summed E-state index contributed by atoms with van der Waals surface area (Å²) in [5.74, 6) is 1.00. The first-order chi connectivity index (χ1) is 6.81. The number of anilines is 1. The zero-order chi connectivity index (χ0) is 9.97. The van der Waals surface area contributed by atoms with E-state index >= 15 is 0 Å². The zero-order valence-electron chi connectivity index (χ0n) is 8.48. The number of hydrogen-bond acceptors (Lipinski definition) is 3. The van der Waals surface area contributed by atoms with Crippen molar-refractivity contribution in [2.45, 2.75) is 32.4 Å². The molecule has 1 aromatic rings. The lowest BCUT2D eigenvalue weighted by molar-refractivity contribution is 0.281. The molecule has 0 aromatic carbocycles. The van der Waals surface area contributed by atoms with Crippen molar-refractivity contribution in [3.63, 3.8) is 0 Å². The van der Waals surface area contributed by atoms with Crippen molar-refractivity contribution in [3.05, 3.63) is 23.9 Å². The average molecular weight is 192 g/mol. The molecule has 3 heteroatoms. The summed E-state index contributed by atoms with van der Waals surface area (Å²) in [4.78, 5) is 6.64. The predicted octanol–water partition coefficient (Wildman–Crippen LogP) is 1.56. The van der Waals surface area contributed by atoms with Crippen LogP contribution in [-0.4, -0.2) is 22.7 Å². The van der Waals surface area contributed by atoms with Crippen LogP contribution in [0.1, 0.15) is 25.3 Å². The van der Waals surface area contributed by atoms with E-state index in [9.17, 15) is 0 Å². The fourth-order valence-electron chi connectivity index (χ4n) is 1.99. The highest BCUT2D eigenvalue weighted by Gasteiger charge is 2.21. The molecule has 0 saturated carbocycles. The van der Waals surface area contributed by atoms with Gasteiger partial charge in [-0.2, -0.15) is 0 Å². The molecule has 3 nitrogen and oxygen atoms in total. The lowest BCUT2D eigenvalue weighted by atomic mass is 10.2. The average Bonchev–Trinajstić information content (AvgIpc) is 2.65. The van der Waals surface area contributed by atoms with E-state index in [1.54, 1.807) is 6.20 Å². The van der Waals surface area contributed by atoms with E-state index in [0.29, 0.717) is 6.04 Å². The summed E-state index contributed by atoms with van der Waals surface area (Å²) < 4.78 is 0. The third kappa shape index (κ3) is 1.73. The molecule has 1 aliphatic rings. The molecule has 0 spiro atoms. The maximum absolute atomic E-state index is 9.02. The maximum Gasteiger partial charge on any atom is 0.129 e. The van der Waals surface area contributed by atoms with Crippen LogP contribution in [-0.2, 0) is 6.61 Å². The minimum Gasteiger partial charge on any atom is -0.392 e. The monoisotopic (exact) mass is 192 g/mol. The molecule has 2 heterocycles. The van der Waals surface area contributed by atoms with Crippen molar-refractivity contribution in [2.24, 2.45) is 0 Å². The quantitative estimate of drug-likeness (QED) is 0.772. The Labute approximate surface area is 84.4 Å². The van der Waals surface area contributed by atoms with E-state index in [-0.39, 0.29) is 6.61 Å². The molecular formula is C11H16N2O. The number of hydrogen-bond donors (Lipinski definition) is 1. The van der Waals surface area contributed by atoms with Crippen LogP contribution in [0.25, 0.3) is 0 Å². The molecule has 14 heavy (non-hydrogen) atoms. The summed E-state index contributed by atoms with van der Waals surface area (Å²) >= 11 is 0. The maximum atomic E-state index is 9.02. The summed E-state index contributed by atoms with van der Waals surface area (Å²) in [6.45, 7) is 3.40. The van der Waals surface area contributed by atoms with Gasteiger partial charge in [0.15, 0.2) is 0 Å². The van der Waals surface area contributed by atoms with Crippen LogP contribution in [0.3, 0.4) is 0 Å². The molecule has 1 fully saturated rings. The number of nitrogens with zero attached hydrogens (tertiary/aromatic N) is 2. The Hall–Kier alpha value is -1.09. The molecule has 0 bridgehead atoms. The highest BCUT2D eigenvalue weighted by atomic mass is 16.3. The Kier molecular flexibility index (Phi) is 2.68. The highest BCUT2D eigenvalue weighted by molar-refractivity contribution is 5.42. The van der Waals surface area contributed by atoms with Gasteiger partial charge in [-0.05, 0) is 37.5 Å². The molecule has 0 radical (unpaired) electrons. The minimum atomic E-state index is 0.0950. The van der Waals surface area contributed by atoms with Crippen LogP contribution in [0.5, 0.6) is 0 Å². The van der Waals surface area contributed by atoms with Crippen LogP contribution in [0.15, 0.2) is 18.3 Å². The molecule has 1 atom stereocenters. The minimum absolute atomic E-state index is 0.0950. The van der Waals surface area contributed by atoms with Crippen molar-refractivity contribution in [1.29, 1.82) is 0 Å². The first kappa shape index (κ1) is 9.46. The summed E-state index contributed by atoms with van der Waals surface area (Å²) in [6, 6.07) is 4.41. The second-order valence-corrected chi connectivity index (χ2v) is 3.87. The first-order valence-electron chi connectivity index (χ1n) is 5.13. The second-order valence-electron chi connectivity index (χ2n) is 3.87. The van der Waals surface area contributed by atoms with E-state index in [2.05, 4.69) is 16.8 Å². The zero-order valence-corrected chi connectivity index (χ0v) is 8.48. The molecule has 76 valence electrons. The standard InChI is InChI=1S/C11H16N2O/c1-9-3-2-6-13(9)11-7-10(8-14)4-5-12-11/h4-5,7,9,14H,2-3,6,8H2,1H3. The molecule has 1 N–H and O–H groups in total. The van der Waals surface area contributed by atoms with Gasteiger partial charge in [0.25, 0.3) is 0 Å². The van der Waals surface area contributed by atoms with Crippen molar-refractivity contribution in [2.75, 3.05) is 11.4 Å². The summed E-state index contributed by atoms with van der Waals surface area (Å²) in [6.07, 6.45) is 4.25. The fourth-order valence-corrected chi connectivity index (χ4v) is 1.99. The van der Waals surface area contributed by atoms with E-state index in [0.717, 1.165) is 17.9 Å². The molecule has 1 unspecified atom stereocenters. The van der Waals surface area contributed by atoms with Gasteiger partial charge in [0.05, 0.1) is 6.61 Å². The summed E-state index contributed by atoms with van der Waals surface area (Å²) in [7, 11) is 0. The van der Waals surface area contributed by atoms with Crippen LogP contribution < -0.4 is 4.90 Å². The Morgan fingerprint density at radius 1 is 1.64 bits per heavy atom. The van der Waals surface area contributed by atoms with Gasteiger partial charge in [0, 0.05) is 18.8 Å². The Morgan fingerprint density at radius 2 is 2.50 bits per heavy atom. The SMILES string of the molecule is CC1CCCN1c1cc(CO)ccn1. The van der Waals surface area contributed by atoms with Crippen molar-refractivity contribution in [3.8, 4) is 0 Å². The van der Waals surface area contributed by atoms with Gasteiger partial charge >= 0.3 is 0 Å². The Morgan fingerprint density at radius 3 is 3.14 bits per heavy atom. The summed E-state index contributed by atoms with van der Waals surface area (Å²) in [5.41, 5.74) is 0.939. The number of aliphatic hydroxyl groups excluding tert-OH is 1. The first-order valence-corrected chi connectivity index (χ1v) is 5.13. The lowest BCUT2D eigenvalue weighted by Gasteiger charge is -2.22. The molecular weight excluding hydrogens is 176 g/mol. The number of aromatic nitrogens is 1. The van der Waals surface area contributed by atoms with Crippen LogP contribution in [0.4, 0.5) is 5.82 Å². The smallest absolute Gasteiger partial charge is 0.129 e. The third-order valence-electron chi connectivity index (χ3n) is 2.84. The van der Waals surface area contributed by atoms with Gasteiger partial charge in [-0.1, -0.05) is 0 Å². The summed E-state index contributed by atoms with van der Waals surface area (Å²) in [5, 5.41) is 9.02. The number of rotatable bonds is 2. The van der Waals surface area contributed by atoms with E-state index < -0.39 is 0 Å². The molecule has 1 aliphatic heterocycles. The van der Waals surface area contributed by atoms with E-state index in [1.807, 2.05) is 12.1 Å². The van der Waals surface area contributed by atoms with E-state index in [1.165, 1.54) is 12.8 Å². The lowest BCUT2D eigenvalue weighted by Crippen LogP contribution is -2.27. The van der Waals surface area contributed by atoms with Crippen molar-refractivity contribution >= 4 is 5.82 Å². The fraction of sp³-hybridized carbons (Fsp3) is 0.545. The van der Waals surface area contributed by atoms with E-state index in [4.69, 9.17) is 5.11 Å². The van der Waals surface area contributed by atoms with Crippen molar-refractivity contribution in [1.82, 2.24) is 4.98 Å². The second kappa shape index (κ2) is 3.96. The topological polar surface area (TPSA) is 36.4 Å². The molecule has 0 amide bonds.